The first-order valence-corrected chi connectivity index (χ1v) is 9.98. The van der Waals surface area contributed by atoms with Crippen LogP contribution in [-0.4, -0.2) is 18.4 Å². The van der Waals surface area contributed by atoms with E-state index in [1.54, 1.807) is 35.2 Å². The fourth-order valence-corrected chi connectivity index (χ4v) is 3.40. The lowest BCUT2D eigenvalue weighted by atomic mass is 10.1. The molecule has 6 heteroatoms. The second-order valence-electron chi connectivity index (χ2n) is 6.90. The van der Waals surface area contributed by atoms with E-state index in [1.165, 1.54) is 0 Å². The molecule has 5 nitrogen and oxygen atoms in total. The minimum absolute atomic E-state index is 0.00139. The van der Waals surface area contributed by atoms with Gasteiger partial charge in [0.1, 0.15) is 5.75 Å². The molecular formula is C23H19BrN2O3. The molecule has 1 aliphatic rings. The van der Waals surface area contributed by atoms with E-state index >= 15 is 0 Å². The lowest BCUT2D eigenvalue weighted by molar-refractivity contribution is -0.121. The van der Waals surface area contributed by atoms with Gasteiger partial charge in [-0.25, -0.2) is 0 Å². The first-order valence-electron chi connectivity index (χ1n) is 9.19. The lowest BCUT2D eigenvalue weighted by Gasteiger charge is -2.30. The van der Waals surface area contributed by atoms with Gasteiger partial charge in [-0.05, 0) is 55.0 Å². The highest BCUT2D eigenvalue weighted by atomic mass is 79.9. The van der Waals surface area contributed by atoms with Crippen molar-refractivity contribution in [2.75, 3.05) is 16.8 Å². The van der Waals surface area contributed by atoms with Gasteiger partial charge in [0.2, 0.25) is 0 Å². The van der Waals surface area contributed by atoms with Crippen LogP contribution in [0.5, 0.6) is 5.75 Å². The molecule has 0 unspecified atom stereocenters. The Hall–Kier alpha value is -3.12. The van der Waals surface area contributed by atoms with Crippen molar-refractivity contribution in [1.29, 1.82) is 0 Å². The van der Waals surface area contributed by atoms with E-state index in [1.807, 2.05) is 43.3 Å². The van der Waals surface area contributed by atoms with Crippen molar-refractivity contribution >= 4 is 39.1 Å². The third-order valence-electron chi connectivity index (χ3n) is 4.73. The van der Waals surface area contributed by atoms with E-state index in [2.05, 4.69) is 21.2 Å². The second-order valence-corrected chi connectivity index (χ2v) is 7.81. The number of nitrogens with one attached hydrogen (secondary N) is 1. The number of hydrogen-bond donors (Lipinski definition) is 1. The van der Waals surface area contributed by atoms with E-state index in [-0.39, 0.29) is 18.4 Å². The predicted octanol–water partition coefficient (Wildman–Crippen LogP) is 4.94. The molecule has 0 aromatic heterocycles. The number of rotatable bonds is 4. The van der Waals surface area contributed by atoms with Crippen molar-refractivity contribution in [1.82, 2.24) is 0 Å². The summed E-state index contributed by atoms with van der Waals surface area (Å²) >= 11 is 3.42. The number of nitrogens with zero attached hydrogens (tertiary/aromatic N) is 1. The van der Waals surface area contributed by atoms with Crippen molar-refractivity contribution in [3.8, 4) is 5.75 Å². The molecule has 0 saturated heterocycles. The molecule has 4 rings (SSSR count). The Morgan fingerprint density at radius 2 is 1.79 bits per heavy atom. The van der Waals surface area contributed by atoms with E-state index in [9.17, 15) is 9.59 Å². The molecular weight excluding hydrogens is 432 g/mol. The van der Waals surface area contributed by atoms with Gasteiger partial charge in [0.15, 0.2) is 6.61 Å². The quantitative estimate of drug-likeness (QED) is 0.612. The molecule has 0 radical (unpaired) electrons. The molecule has 3 aromatic rings. The van der Waals surface area contributed by atoms with Gasteiger partial charge in [0, 0.05) is 15.7 Å². The number of fused-ring (bicyclic) bond motifs is 1. The minimum atomic E-state index is -0.201. The van der Waals surface area contributed by atoms with Crippen molar-refractivity contribution in [3.05, 3.63) is 87.9 Å². The highest BCUT2D eigenvalue weighted by Crippen LogP contribution is 2.35. The van der Waals surface area contributed by atoms with Gasteiger partial charge in [-0.1, -0.05) is 45.8 Å². The monoisotopic (exact) mass is 450 g/mol. The van der Waals surface area contributed by atoms with Crippen LogP contribution in [0.1, 0.15) is 21.5 Å². The number of hydrogen-bond acceptors (Lipinski definition) is 3. The highest BCUT2D eigenvalue weighted by Gasteiger charge is 2.26. The number of amides is 2. The number of carbonyl (C=O) groups excluding carboxylic acids is 2. The predicted molar refractivity (Wildman–Crippen MR) is 116 cm³/mol. The summed E-state index contributed by atoms with van der Waals surface area (Å²) in [6.45, 7) is 2.40. The summed E-state index contributed by atoms with van der Waals surface area (Å²) in [5.41, 5.74) is 3.92. The third kappa shape index (κ3) is 4.32. The topological polar surface area (TPSA) is 58.6 Å². The smallest absolute Gasteiger partial charge is 0.265 e. The number of benzene rings is 3. The highest BCUT2D eigenvalue weighted by molar-refractivity contribution is 9.10. The normalized spacial score (nSPS) is 12.9. The average molecular weight is 451 g/mol. The zero-order chi connectivity index (χ0) is 20.4. The fourth-order valence-electron chi connectivity index (χ4n) is 3.13. The summed E-state index contributed by atoms with van der Waals surface area (Å²) in [5.74, 6) is 0.296. The molecule has 29 heavy (non-hydrogen) atoms. The van der Waals surface area contributed by atoms with Crippen molar-refractivity contribution in [3.63, 3.8) is 0 Å². The molecule has 0 atom stereocenters. The van der Waals surface area contributed by atoms with E-state index in [4.69, 9.17) is 4.74 Å². The number of ether oxygens (including phenoxy) is 1. The van der Waals surface area contributed by atoms with Crippen LogP contribution in [0.2, 0.25) is 0 Å². The van der Waals surface area contributed by atoms with Gasteiger partial charge in [-0.3, -0.25) is 9.59 Å². The second kappa shape index (κ2) is 8.09. The molecule has 0 spiro atoms. The average Bonchev–Trinajstić information content (AvgIpc) is 2.72. The number of anilines is 2. The summed E-state index contributed by atoms with van der Waals surface area (Å²) < 4.78 is 6.55. The van der Waals surface area contributed by atoms with Gasteiger partial charge in [0.25, 0.3) is 11.8 Å². The van der Waals surface area contributed by atoms with Gasteiger partial charge < -0.3 is 15.0 Å². The maximum Gasteiger partial charge on any atom is 0.265 e. The van der Waals surface area contributed by atoms with E-state index in [0.717, 1.165) is 15.6 Å². The Bertz CT molecular complexity index is 1060. The molecule has 0 aliphatic carbocycles. The Morgan fingerprint density at radius 1 is 1.07 bits per heavy atom. The molecule has 0 fully saturated rings. The third-order valence-corrected chi connectivity index (χ3v) is 5.26. The van der Waals surface area contributed by atoms with Crippen LogP contribution in [0.4, 0.5) is 11.4 Å². The van der Waals surface area contributed by atoms with E-state index < -0.39 is 0 Å². The van der Waals surface area contributed by atoms with Gasteiger partial charge in [-0.2, -0.15) is 0 Å². The van der Waals surface area contributed by atoms with Crippen LogP contribution in [0.3, 0.4) is 0 Å². The van der Waals surface area contributed by atoms with E-state index in [0.29, 0.717) is 29.2 Å². The summed E-state index contributed by atoms with van der Waals surface area (Å²) in [4.78, 5) is 26.7. The van der Waals surface area contributed by atoms with Crippen LogP contribution >= 0.6 is 15.9 Å². The summed E-state index contributed by atoms with van der Waals surface area (Å²) in [5, 5.41) is 2.90. The van der Waals surface area contributed by atoms with Crippen LogP contribution < -0.4 is 15.0 Å². The number of carbonyl (C=O) groups is 2. The lowest BCUT2D eigenvalue weighted by Crippen LogP contribution is -2.38. The molecule has 146 valence electrons. The molecule has 1 N–H and O–H groups in total. The van der Waals surface area contributed by atoms with Crippen LogP contribution in [0, 0.1) is 6.92 Å². The molecule has 0 bridgehead atoms. The minimum Gasteiger partial charge on any atom is -0.482 e. The van der Waals surface area contributed by atoms with Crippen molar-refractivity contribution in [2.24, 2.45) is 0 Å². The Morgan fingerprint density at radius 3 is 2.52 bits per heavy atom. The Kier molecular flexibility index (Phi) is 5.36. The number of aryl methyl sites for hydroxylation is 1. The van der Waals surface area contributed by atoms with Crippen LogP contribution in [-0.2, 0) is 11.3 Å². The summed E-state index contributed by atoms with van der Waals surface area (Å²) in [6, 6.07) is 20.5. The summed E-state index contributed by atoms with van der Waals surface area (Å²) in [6.07, 6.45) is 0. The van der Waals surface area contributed by atoms with Crippen molar-refractivity contribution < 1.29 is 14.3 Å². The molecule has 3 aromatic carbocycles. The first-order chi connectivity index (χ1) is 14.0. The molecule has 2 amide bonds. The van der Waals surface area contributed by atoms with Gasteiger partial charge >= 0.3 is 0 Å². The zero-order valence-corrected chi connectivity index (χ0v) is 17.4. The SMILES string of the molecule is Cc1ccc(C(=O)Nc2ccc3c(c2)N(Cc2ccc(Br)cc2)C(=O)CO3)cc1. The first kappa shape index (κ1) is 19.2. The number of halogens is 1. The Labute approximate surface area is 177 Å². The largest absolute Gasteiger partial charge is 0.482 e. The maximum atomic E-state index is 12.5. The maximum absolute atomic E-state index is 12.5. The van der Waals surface area contributed by atoms with Crippen LogP contribution in [0.15, 0.2) is 71.2 Å². The van der Waals surface area contributed by atoms with Crippen LogP contribution in [0.25, 0.3) is 0 Å². The van der Waals surface area contributed by atoms with Crippen molar-refractivity contribution in [2.45, 2.75) is 13.5 Å². The molecule has 1 aliphatic heterocycles. The molecule has 1 heterocycles. The fraction of sp³-hybridized carbons (Fsp3) is 0.130. The van der Waals surface area contributed by atoms with Gasteiger partial charge in [0.05, 0.1) is 12.2 Å². The standard InChI is InChI=1S/C23H19BrN2O3/c1-15-2-6-17(7-3-15)23(28)25-19-10-11-21-20(12-19)26(22(27)14-29-21)13-16-4-8-18(24)9-5-16/h2-12H,13-14H2,1H3,(H,25,28). The summed E-state index contributed by atoms with van der Waals surface area (Å²) in [7, 11) is 0. The van der Waals surface area contributed by atoms with Gasteiger partial charge in [-0.15, -0.1) is 0 Å². The molecule has 0 saturated carbocycles. The Balaban J connectivity index is 1.59. The zero-order valence-electron chi connectivity index (χ0n) is 15.8.